The highest BCUT2D eigenvalue weighted by Gasteiger charge is 2.45. The van der Waals surface area contributed by atoms with Crippen molar-refractivity contribution in [1.29, 1.82) is 0 Å². The van der Waals surface area contributed by atoms with E-state index in [1.165, 1.54) is 24.0 Å². The number of para-hydroxylation sites is 2. The predicted molar refractivity (Wildman–Crippen MR) is 247 cm³/mol. The number of hydrogen-bond acceptors (Lipinski definition) is 8. The van der Waals surface area contributed by atoms with Crippen LogP contribution in [0.4, 0.5) is 0 Å². The number of nitrogens with zero attached hydrogens (tertiary/aromatic N) is 4. The van der Waals surface area contributed by atoms with E-state index in [2.05, 4.69) is 48.5 Å². The maximum atomic E-state index is 15.2. The molecule has 0 aliphatic heterocycles. The van der Waals surface area contributed by atoms with Crippen LogP contribution in [0, 0.1) is 0 Å². The summed E-state index contributed by atoms with van der Waals surface area (Å²) in [6.45, 7) is 0. The Labute approximate surface area is 366 Å². The van der Waals surface area contributed by atoms with Crippen molar-refractivity contribution in [1.82, 2.24) is 19.1 Å². The van der Waals surface area contributed by atoms with Gasteiger partial charge in [0, 0.05) is 33.5 Å². The van der Waals surface area contributed by atoms with E-state index in [-0.39, 0.29) is 21.9 Å². The van der Waals surface area contributed by atoms with Gasteiger partial charge in [0.15, 0.2) is 10.3 Å². The average Bonchev–Trinajstić information content (AvgIpc) is 3.29. The first-order valence-electron chi connectivity index (χ1n) is 22.0. The second kappa shape index (κ2) is 16.7. The fraction of sp³-hybridized carbons (Fsp3) is 0.373. The minimum Gasteiger partial charge on any atom is -0.497 e. The van der Waals surface area contributed by atoms with Crippen LogP contribution in [0.3, 0.4) is 0 Å². The summed E-state index contributed by atoms with van der Waals surface area (Å²) >= 11 is 3.23. The van der Waals surface area contributed by atoms with Crippen LogP contribution in [0.2, 0.25) is 0 Å². The summed E-state index contributed by atoms with van der Waals surface area (Å²) in [6.07, 6.45) is 13.4. The van der Waals surface area contributed by atoms with Crippen LogP contribution < -0.4 is 20.6 Å². The maximum absolute atomic E-state index is 15.2. The number of ether oxygens (including phenoxy) is 2. The molecule has 2 heterocycles. The molecule has 4 aliphatic carbocycles. The summed E-state index contributed by atoms with van der Waals surface area (Å²) in [4.78, 5) is 41.3. The van der Waals surface area contributed by atoms with Crippen molar-refractivity contribution in [3.05, 3.63) is 140 Å². The van der Waals surface area contributed by atoms with Crippen molar-refractivity contribution in [3.63, 3.8) is 0 Å². The van der Waals surface area contributed by atoms with Crippen LogP contribution in [0.1, 0.15) is 92.9 Å². The number of benzene rings is 4. The zero-order valence-corrected chi connectivity index (χ0v) is 36.7. The fourth-order valence-corrected chi connectivity index (χ4v) is 13.0. The van der Waals surface area contributed by atoms with Gasteiger partial charge in [0.05, 0.1) is 48.1 Å². The topological polar surface area (TPSA) is 88.2 Å². The Morgan fingerprint density at radius 3 is 1.61 bits per heavy atom. The normalized spacial score (nSPS) is 17.0. The molecule has 312 valence electrons. The molecule has 0 atom stereocenters. The lowest BCUT2D eigenvalue weighted by Crippen LogP contribution is -2.43. The molecule has 6 aromatic rings. The predicted octanol–water partition coefficient (Wildman–Crippen LogP) is 10.9. The maximum Gasteiger partial charge on any atom is 0.263 e. The molecule has 10 heteroatoms. The van der Waals surface area contributed by atoms with Gasteiger partial charge in [-0.1, -0.05) is 123 Å². The summed E-state index contributed by atoms with van der Waals surface area (Å²) in [6, 6.07) is 32.6. The third-order valence-corrected chi connectivity index (χ3v) is 15.8. The lowest BCUT2D eigenvalue weighted by molar-refractivity contribution is 0.283. The first kappa shape index (κ1) is 40.0. The second-order valence-electron chi connectivity index (χ2n) is 17.3. The number of hydrogen-bond donors (Lipinski definition) is 0. The van der Waals surface area contributed by atoms with Crippen molar-refractivity contribution in [2.24, 2.45) is 0 Å². The van der Waals surface area contributed by atoms with Gasteiger partial charge in [-0.05, 0) is 92.5 Å². The van der Waals surface area contributed by atoms with Crippen LogP contribution in [0.25, 0.3) is 33.9 Å². The van der Waals surface area contributed by atoms with Crippen molar-refractivity contribution in [3.8, 4) is 45.4 Å². The molecule has 0 bridgehead atoms. The quantitative estimate of drug-likeness (QED) is 0.0765. The minimum atomic E-state index is -0.228. The van der Waals surface area contributed by atoms with Crippen LogP contribution in [0.5, 0.6) is 11.5 Å². The lowest BCUT2D eigenvalue weighted by Gasteiger charge is -2.42. The number of aromatic nitrogens is 4. The van der Waals surface area contributed by atoms with E-state index in [1.807, 2.05) is 57.7 Å². The largest absolute Gasteiger partial charge is 0.497 e. The highest BCUT2D eigenvalue weighted by atomic mass is 32.2. The fourth-order valence-electron chi connectivity index (χ4n) is 10.9. The van der Waals surface area contributed by atoms with Gasteiger partial charge in [0.25, 0.3) is 11.1 Å². The number of rotatable bonds is 10. The molecule has 0 amide bonds. The Kier molecular flexibility index (Phi) is 10.9. The molecule has 2 saturated carbocycles. The molecule has 2 spiro atoms. The van der Waals surface area contributed by atoms with Gasteiger partial charge in [0.2, 0.25) is 0 Å². The zero-order chi connectivity index (χ0) is 41.6. The lowest BCUT2D eigenvalue weighted by atomic mass is 9.62. The molecule has 0 radical (unpaired) electrons. The van der Waals surface area contributed by atoms with Crippen LogP contribution in [0.15, 0.2) is 117 Å². The van der Waals surface area contributed by atoms with E-state index in [0.29, 0.717) is 27.5 Å². The zero-order valence-electron chi connectivity index (χ0n) is 35.1. The molecule has 8 nitrogen and oxygen atoms in total. The van der Waals surface area contributed by atoms with Gasteiger partial charge in [-0.2, -0.15) is 0 Å². The van der Waals surface area contributed by atoms with E-state index in [0.717, 1.165) is 121 Å². The molecule has 0 unspecified atom stereocenters. The van der Waals surface area contributed by atoms with Crippen molar-refractivity contribution in [2.75, 3.05) is 25.7 Å². The highest BCUT2D eigenvalue weighted by molar-refractivity contribution is 8.00. The Balaban J connectivity index is 1.01. The molecule has 61 heavy (non-hydrogen) atoms. The minimum absolute atomic E-state index is 0.0144. The van der Waals surface area contributed by atoms with Gasteiger partial charge < -0.3 is 9.47 Å². The molecule has 0 N–H and O–H groups in total. The first-order valence-corrected chi connectivity index (χ1v) is 24.0. The van der Waals surface area contributed by atoms with E-state index in [4.69, 9.17) is 19.4 Å². The van der Waals surface area contributed by atoms with Gasteiger partial charge >= 0.3 is 0 Å². The molecule has 4 aliphatic rings. The Morgan fingerprint density at radius 1 is 0.574 bits per heavy atom. The molecule has 4 aromatic carbocycles. The van der Waals surface area contributed by atoms with E-state index in [9.17, 15) is 0 Å². The van der Waals surface area contributed by atoms with Gasteiger partial charge in [0.1, 0.15) is 11.5 Å². The number of methoxy groups -OCH3 is 2. The van der Waals surface area contributed by atoms with E-state index in [1.54, 1.807) is 37.7 Å². The Hall–Kier alpha value is -5.06. The second-order valence-corrected chi connectivity index (χ2v) is 19.4. The van der Waals surface area contributed by atoms with Gasteiger partial charge in [-0.15, -0.1) is 0 Å². The highest BCUT2D eigenvalue weighted by Crippen LogP contribution is 2.51. The van der Waals surface area contributed by atoms with Crippen LogP contribution in [-0.2, 0) is 23.7 Å². The Morgan fingerprint density at radius 2 is 1.07 bits per heavy atom. The first-order chi connectivity index (χ1) is 29.9. The molecule has 2 fully saturated rings. The molecule has 0 saturated heterocycles. The summed E-state index contributed by atoms with van der Waals surface area (Å²) in [5, 5.41) is 1.35. The summed E-state index contributed by atoms with van der Waals surface area (Å²) < 4.78 is 15.0. The molecular formula is C51H52N4O4S2. The summed E-state index contributed by atoms with van der Waals surface area (Å²) in [5.74, 6) is 2.82. The third-order valence-electron chi connectivity index (χ3n) is 13.8. The van der Waals surface area contributed by atoms with Gasteiger partial charge in [-0.3, -0.25) is 18.7 Å². The van der Waals surface area contributed by atoms with Crippen molar-refractivity contribution >= 4 is 23.5 Å². The molecule has 2 aromatic heterocycles. The van der Waals surface area contributed by atoms with Crippen LogP contribution in [-0.4, -0.2) is 44.8 Å². The van der Waals surface area contributed by atoms with Crippen molar-refractivity contribution in [2.45, 2.75) is 105 Å². The van der Waals surface area contributed by atoms with E-state index < -0.39 is 0 Å². The van der Waals surface area contributed by atoms with Crippen LogP contribution >= 0.6 is 23.5 Å². The standard InChI is InChI=1S/C51H52N4O4S2/c1-58-37-24-22-36(23-25-37)54-46(56)42-44(38-18-7-5-16-34(38)32-50(42)26-11-3-12-27-50)52-48(54)60-30-15-31-61-49-53-45-39-19-8-6-17-35(39)33-51(28-13-4-14-29-51)43(45)47(57)55(49)40-20-9-10-21-41(40)59-2/h5-10,16-25H,3-4,11-15,26-33H2,1-2H3. The average molecular weight is 849 g/mol. The monoisotopic (exact) mass is 848 g/mol. The summed E-state index contributed by atoms with van der Waals surface area (Å²) in [5.41, 5.74) is 9.27. The smallest absolute Gasteiger partial charge is 0.263 e. The summed E-state index contributed by atoms with van der Waals surface area (Å²) in [7, 11) is 3.32. The third kappa shape index (κ3) is 7.04. The van der Waals surface area contributed by atoms with E-state index >= 15 is 9.59 Å². The number of thioether (sulfide) groups is 2. The number of fused-ring (bicyclic) bond motifs is 8. The molecule has 10 rings (SSSR count). The van der Waals surface area contributed by atoms with Gasteiger partial charge in [-0.25, -0.2) is 9.97 Å². The SMILES string of the molecule is COc1ccc(-n2c(SCCCSc3nc4c(c(=O)n3-c3ccccc3OC)C3(CCCCC3)Cc3ccccc3-4)nc3c(c2=O)C2(CCCCC2)Cc2ccccc2-3)cc1. The van der Waals surface area contributed by atoms with Crippen molar-refractivity contribution < 1.29 is 9.47 Å². The molecular weight excluding hydrogens is 797 g/mol. The Bertz CT molecular complexity index is 2730.